The first-order valence-electron chi connectivity index (χ1n) is 7.12. The molecular formula is C16H24N2O3. The lowest BCUT2D eigenvalue weighted by molar-refractivity contribution is -0.137. The van der Waals surface area contributed by atoms with Gasteiger partial charge in [0.2, 0.25) is 5.91 Å². The SMILES string of the molecule is CC(C)(C)NCCC(=O)Nc1cccc(CCC(=O)O)c1. The lowest BCUT2D eigenvalue weighted by atomic mass is 10.1. The maximum atomic E-state index is 11.8. The van der Waals surface area contributed by atoms with Crippen LogP contribution in [-0.2, 0) is 16.0 Å². The Morgan fingerprint density at radius 3 is 2.52 bits per heavy atom. The first kappa shape index (κ1) is 17.2. The van der Waals surface area contributed by atoms with Crippen molar-refractivity contribution < 1.29 is 14.7 Å². The van der Waals surface area contributed by atoms with Crippen LogP contribution in [0.4, 0.5) is 5.69 Å². The second-order valence-corrected chi connectivity index (χ2v) is 6.07. The van der Waals surface area contributed by atoms with Crippen LogP contribution in [0, 0.1) is 0 Å². The van der Waals surface area contributed by atoms with E-state index in [9.17, 15) is 9.59 Å². The van der Waals surface area contributed by atoms with Crippen LogP contribution in [0.2, 0.25) is 0 Å². The Labute approximate surface area is 125 Å². The number of nitrogens with one attached hydrogen (secondary N) is 2. The van der Waals surface area contributed by atoms with E-state index in [1.807, 2.05) is 18.2 Å². The van der Waals surface area contributed by atoms with Crippen LogP contribution >= 0.6 is 0 Å². The van der Waals surface area contributed by atoms with E-state index in [2.05, 4.69) is 31.4 Å². The summed E-state index contributed by atoms with van der Waals surface area (Å²) in [6.07, 6.45) is 0.953. The van der Waals surface area contributed by atoms with E-state index in [0.29, 0.717) is 25.1 Å². The molecule has 1 aromatic rings. The molecule has 0 fully saturated rings. The Kier molecular flexibility index (Phi) is 6.37. The number of carboxylic acid groups (broad SMARTS) is 1. The Morgan fingerprint density at radius 1 is 1.19 bits per heavy atom. The topological polar surface area (TPSA) is 78.4 Å². The van der Waals surface area contributed by atoms with Crippen molar-refractivity contribution in [3.05, 3.63) is 29.8 Å². The van der Waals surface area contributed by atoms with Crippen LogP contribution in [0.5, 0.6) is 0 Å². The summed E-state index contributed by atoms with van der Waals surface area (Å²) in [4.78, 5) is 22.4. The van der Waals surface area contributed by atoms with Gasteiger partial charge in [-0.15, -0.1) is 0 Å². The molecule has 1 rings (SSSR count). The number of carboxylic acids is 1. The third kappa shape index (κ3) is 8.09. The molecule has 0 spiro atoms. The van der Waals surface area contributed by atoms with E-state index in [1.165, 1.54) is 0 Å². The molecule has 0 aliphatic heterocycles. The minimum atomic E-state index is -0.822. The van der Waals surface area contributed by atoms with Gasteiger partial charge in [-0.2, -0.15) is 0 Å². The highest BCUT2D eigenvalue weighted by Crippen LogP contribution is 2.12. The first-order chi connectivity index (χ1) is 9.76. The quantitative estimate of drug-likeness (QED) is 0.721. The number of hydrogen-bond donors (Lipinski definition) is 3. The second kappa shape index (κ2) is 7.78. The number of anilines is 1. The monoisotopic (exact) mass is 292 g/mol. The van der Waals surface area contributed by atoms with Gasteiger partial charge in [-0.25, -0.2) is 0 Å². The average Bonchev–Trinajstić information content (AvgIpc) is 2.35. The van der Waals surface area contributed by atoms with Gasteiger partial charge >= 0.3 is 5.97 Å². The predicted molar refractivity (Wildman–Crippen MR) is 83.4 cm³/mol. The molecule has 0 aliphatic carbocycles. The molecule has 0 radical (unpaired) electrons. The fourth-order valence-electron chi connectivity index (χ4n) is 1.83. The van der Waals surface area contributed by atoms with Crippen LogP contribution in [0.25, 0.3) is 0 Å². The zero-order valence-electron chi connectivity index (χ0n) is 12.9. The zero-order chi connectivity index (χ0) is 15.9. The van der Waals surface area contributed by atoms with Crippen molar-refractivity contribution in [2.24, 2.45) is 0 Å². The minimum Gasteiger partial charge on any atom is -0.481 e. The van der Waals surface area contributed by atoms with Crippen LogP contribution in [0.1, 0.15) is 39.2 Å². The summed E-state index contributed by atoms with van der Waals surface area (Å²) in [6.45, 7) is 6.78. The molecule has 0 aromatic heterocycles. The maximum absolute atomic E-state index is 11.8. The highest BCUT2D eigenvalue weighted by Gasteiger charge is 2.10. The molecule has 3 N–H and O–H groups in total. The van der Waals surface area contributed by atoms with Crippen molar-refractivity contribution >= 4 is 17.6 Å². The van der Waals surface area contributed by atoms with E-state index >= 15 is 0 Å². The van der Waals surface area contributed by atoms with Gasteiger partial charge in [0, 0.05) is 30.6 Å². The Morgan fingerprint density at radius 2 is 1.90 bits per heavy atom. The average molecular weight is 292 g/mol. The second-order valence-electron chi connectivity index (χ2n) is 6.07. The summed E-state index contributed by atoms with van der Waals surface area (Å²) in [5.41, 5.74) is 1.61. The predicted octanol–water partition coefficient (Wildman–Crippen LogP) is 2.42. The van der Waals surface area contributed by atoms with Crippen LogP contribution < -0.4 is 10.6 Å². The lowest BCUT2D eigenvalue weighted by Crippen LogP contribution is -2.37. The number of carbonyl (C=O) groups is 2. The Balaban J connectivity index is 2.45. The van der Waals surface area contributed by atoms with Crippen LogP contribution in [-0.4, -0.2) is 29.1 Å². The molecule has 1 amide bonds. The Hall–Kier alpha value is -1.88. The molecule has 1 aromatic carbocycles. The van der Waals surface area contributed by atoms with Crippen molar-refractivity contribution in [2.45, 2.75) is 45.6 Å². The summed E-state index contributed by atoms with van der Waals surface area (Å²) < 4.78 is 0. The van der Waals surface area contributed by atoms with Gasteiger partial charge in [0.15, 0.2) is 0 Å². The molecule has 0 aliphatic rings. The fraction of sp³-hybridized carbons (Fsp3) is 0.500. The Bertz CT molecular complexity index is 493. The first-order valence-corrected chi connectivity index (χ1v) is 7.12. The zero-order valence-corrected chi connectivity index (χ0v) is 12.9. The summed E-state index contributed by atoms with van der Waals surface area (Å²) in [5, 5.41) is 14.8. The number of aliphatic carboxylic acids is 1. The number of rotatable bonds is 7. The lowest BCUT2D eigenvalue weighted by Gasteiger charge is -2.20. The highest BCUT2D eigenvalue weighted by molar-refractivity contribution is 5.90. The third-order valence-electron chi connectivity index (χ3n) is 2.85. The van der Waals surface area contributed by atoms with Gasteiger partial charge in [0.1, 0.15) is 0 Å². The molecule has 0 saturated heterocycles. The van der Waals surface area contributed by atoms with Crippen molar-refractivity contribution in [1.82, 2.24) is 5.32 Å². The maximum Gasteiger partial charge on any atom is 0.303 e. The van der Waals surface area contributed by atoms with Gasteiger partial charge in [-0.3, -0.25) is 9.59 Å². The van der Waals surface area contributed by atoms with E-state index in [-0.39, 0.29) is 17.9 Å². The van der Waals surface area contributed by atoms with Crippen LogP contribution in [0.3, 0.4) is 0 Å². The standard InChI is InChI=1S/C16H24N2O3/c1-16(2,3)17-10-9-14(19)18-13-6-4-5-12(11-13)7-8-15(20)21/h4-6,11,17H,7-10H2,1-3H3,(H,18,19)(H,20,21). The molecule has 0 unspecified atom stereocenters. The van der Waals surface area contributed by atoms with E-state index in [1.54, 1.807) is 6.07 Å². The highest BCUT2D eigenvalue weighted by atomic mass is 16.4. The smallest absolute Gasteiger partial charge is 0.303 e. The van der Waals surface area contributed by atoms with Crippen LogP contribution in [0.15, 0.2) is 24.3 Å². The van der Waals surface area contributed by atoms with Gasteiger partial charge < -0.3 is 15.7 Å². The molecular weight excluding hydrogens is 268 g/mol. The number of hydrogen-bond acceptors (Lipinski definition) is 3. The van der Waals surface area contributed by atoms with E-state index in [4.69, 9.17) is 5.11 Å². The molecule has 21 heavy (non-hydrogen) atoms. The van der Waals surface area contributed by atoms with E-state index in [0.717, 1.165) is 5.56 Å². The summed E-state index contributed by atoms with van der Waals surface area (Å²) >= 11 is 0. The minimum absolute atomic E-state index is 0.00295. The summed E-state index contributed by atoms with van der Waals surface area (Å²) in [7, 11) is 0. The van der Waals surface area contributed by atoms with Gasteiger partial charge in [0.25, 0.3) is 0 Å². The van der Waals surface area contributed by atoms with Crippen molar-refractivity contribution in [3.8, 4) is 0 Å². The summed E-state index contributed by atoms with van der Waals surface area (Å²) in [5.74, 6) is -0.875. The number of benzene rings is 1. The largest absolute Gasteiger partial charge is 0.481 e. The van der Waals surface area contributed by atoms with E-state index < -0.39 is 5.97 Å². The number of amides is 1. The fourth-order valence-corrected chi connectivity index (χ4v) is 1.83. The van der Waals surface area contributed by atoms with Gasteiger partial charge in [-0.05, 0) is 44.9 Å². The van der Waals surface area contributed by atoms with Crippen molar-refractivity contribution in [2.75, 3.05) is 11.9 Å². The molecule has 116 valence electrons. The molecule has 0 saturated carbocycles. The molecule has 0 bridgehead atoms. The van der Waals surface area contributed by atoms with Gasteiger partial charge in [0.05, 0.1) is 0 Å². The molecule has 0 heterocycles. The number of carbonyl (C=O) groups excluding carboxylic acids is 1. The molecule has 5 heteroatoms. The molecule has 0 atom stereocenters. The van der Waals surface area contributed by atoms with Crippen molar-refractivity contribution in [3.63, 3.8) is 0 Å². The number of aryl methyl sites for hydroxylation is 1. The molecule has 5 nitrogen and oxygen atoms in total. The van der Waals surface area contributed by atoms with Crippen molar-refractivity contribution in [1.29, 1.82) is 0 Å². The summed E-state index contributed by atoms with van der Waals surface area (Å²) in [6, 6.07) is 7.30. The third-order valence-corrected chi connectivity index (χ3v) is 2.85. The van der Waals surface area contributed by atoms with Gasteiger partial charge in [-0.1, -0.05) is 12.1 Å². The normalized spacial score (nSPS) is 11.2.